The molecule has 0 fully saturated rings. The van der Waals surface area contributed by atoms with Crippen molar-refractivity contribution in [2.45, 2.75) is 26.4 Å². The van der Waals surface area contributed by atoms with Gasteiger partial charge in [0, 0.05) is 29.2 Å². The Morgan fingerprint density at radius 2 is 2.00 bits per heavy atom. The van der Waals surface area contributed by atoms with Crippen LogP contribution in [0.5, 0.6) is 11.5 Å². The number of rotatable bonds is 5. The van der Waals surface area contributed by atoms with Gasteiger partial charge >= 0.3 is 0 Å². The fraction of sp³-hybridized carbons (Fsp3) is 0.250. The standard InChI is InChI=1S/C16H16BrClFNO/c1-10(2)20-9-11-3-4-12(18)7-16(11)21-13-5-6-14(17)15(19)8-13/h3-8,10,20H,9H2,1-2H3. The maximum absolute atomic E-state index is 13.6. The summed E-state index contributed by atoms with van der Waals surface area (Å²) in [6.45, 7) is 4.80. The predicted molar refractivity (Wildman–Crippen MR) is 87.6 cm³/mol. The van der Waals surface area contributed by atoms with Gasteiger partial charge in [-0.15, -0.1) is 0 Å². The van der Waals surface area contributed by atoms with Crippen molar-refractivity contribution in [3.8, 4) is 11.5 Å². The molecule has 0 aliphatic rings. The van der Waals surface area contributed by atoms with Crippen molar-refractivity contribution in [3.05, 3.63) is 57.3 Å². The van der Waals surface area contributed by atoms with Crippen molar-refractivity contribution in [2.24, 2.45) is 0 Å². The van der Waals surface area contributed by atoms with Gasteiger partial charge in [-0.25, -0.2) is 4.39 Å². The van der Waals surface area contributed by atoms with Crippen molar-refractivity contribution in [1.29, 1.82) is 0 Å². The van der Waals surface area contributed by atoms with Crippen molar-refractivity contribution in [1.82, 2.24) is 5.32 Å². The van der Waals surface area contributed by atoms with Crippen LogP contribution in [-0.2, 0) is 6.54 Å². The maximum Gasteiger partial charge on any atom is 0.141 e. The van der Waals surface area contributed by atoms with Gasteiger partial charge < -0.3 is 10.1 Å². The van der Waals surface area contributed by atoms with E-state index in [4.69, 9.17) is 16.3 Å². The van der Waals surface area contributed by atoms with E-state index >= 15 is 0 Å². The van der Waals surface area contributed by atoms with Crippen LogP contribution in [0.1, 0.15) is 19.4 Å². The van der Waals surface area contributed by atoms with Crippen LogP contribution in [0.2, 0.25) is 5.02 Å². The van der Waals surface area contributed by atoms with Crippen molar-refractivity contribution >= 4 is 27.5 Å². The second-order valence-electron chi connectivity index (χ2n) is 4.97. The van der Waals surface area contributed by atoms with Gasteiger partial charge in [0.1, 0.15) is 17.3 Å². The highest BCUT2D eigenvalue weighted by molar-refractivity contribution is 9.10. The molecule has 2 aromatic rings. The minimum absolute atomic E-state index is 0.360. The average molecular weight is 373 g/mol. The number of hydrogen-bond acceptors (Lipinski definition) is 2. The van der Waals surface area contributed by atoms with Gasteiger partial charge in [-0.1, -0.05) is 31.5 Å². The Morgan fingerprint density at radius 3 is 2.67 bits per heavy atom. The Hall–Kier alpha value is -1.10. The van der Waals surface area contributed by atoms with Crippen LogP contribution < -0.4 is 10.1 Å². The zero-order valence-electron chi connectivity index (χ0n) is 11.8. The summed E-state index contributed by atoms with van der Waals surface area (Å²) in [7, 11) is 0. The molecule has 0 heterocycles. The minimum Gasteiger partial charge on any atom is -0.457 e. The summed E-state index contributed by atoms with van der Waals surface area (Å²) in [5, 5.41) is 3.90. The minimum atomic E-state index is -0.364. The van der Waals surface area contributed by atoms with E-state index in [9.17, 15) is 4.39 Å². The van der Waals surface area contributed by atoms with Crippen molar-refractivity contribution in [3.63, 3.8) is 0 Å². The van der Waals surface area contributed by atoms with Crippen molar-refractivity contribution in [2.75, 3.05) is 0 Å². The van der Waals surface area contributed by atoms with E-state index in [1.54, 1.807) is 18.2 Å². The molecule has 0 saturated heterocycles. The van der Waals surface area contributed by atoms with E-state index in [1.165, 1.54) is 6.07 Å². The largest absolute Gasteiger partial charge is 0.457 e. The van der Waals surface area contributed by atoms with Crippen LogP contribution >= 0.6 is 27.5 Å². The summed E-state index contributed by atoms with van der Waals surface area (Å²) in [4.78, 5) is 0. The van der Waals surface area contributed by atoms with E-state index in [-0.39, 0.29) is 5.82 Å². The lowest BCUT2D eigenvalue weighted by atomic mass is 10.2. The Morgan fingerprint density at radius 1 is 1.24 bits per heavy atom. The molecule has 112 valence electrons. The van der Waals surface area contributed by atoms with Crippen LogP contribution in [0.4, 0.5) is 4.39 Å². The molecule has 2 nitrogen and oxygen atoms in total. The van der Waals surface area contributed by atoms with E-state index in [2.05, 4.69) is 35.1 Å². The van der Waals surface area contributed by atoms with E-state index in [0.717, 1.165) is 5.56 Å². The third-order valence-corrected chi connectivity index (χ3v) is 3.73. The highest BCUT2D eigenvalue weighted by atomic mass is 79.9. The van der Waals surface area contributed by atoms with Gasteiger partial charge in [0.05, 0.1) is 4.47 Å². The maximum atomic E-state index is 13.6. The molecule has 0 bridgehead atoms. The number of ether oxygens (including phenoxy) is 1. The quantitative estimate of drug-likeness (QED) is 0.745. The van der Waals surface area contributed by atoms with Crippen LogP contribution in [0.15, 0.2) is 40.9 Å². The van der Waals surface area contributed by atoms with Crippen LogP contribution in [0.3, 0.4) is 0 Å². The Labute approximate surface area is 137 Å². The first-order valence-electron chi connectivity index (χ1n) is 6.60. The fourth-order valence-electron chi connectivity index (χ4n) is 1.75. The molecular formula is C16H16BrClFNO. The first kappa shape index (κ1) is 16.3. The second-order valence-corrected chi connectivity index (χ2v) is 6.26. The van der Waals surface area contributed by atoms with Crippen LogP contribution in [0, 0.1) is 5.82 Å². The van der Waals surface area contributed by atoms with Gasteiger partial charge in [-0.3, -0.25) is 0 Å². The van der Waals surface area contributed by atoms with Crippen LogP contribution in [0.25, 0.3) is 0 Å². The molecule has 2 rings (SSSR count). The Kier molecular flexibility index (Phi) is 5.62. The molecule has 0 atom stereocenters. The molecule has 0 spiro atoms. The van der Waals surface area contributed by atoms with Gasteiger partial charge in [-0.2, -0.15) is 0 Å². The van der Waals surface area contributed by atoms with Crippen LogP contribution in [-0.4, -0.2) is 6.04 Å². The Balaban J connectivity index is 2.24. The molecule has 0 unspecified atom stereocenters. The normalized spacial score (nSPS) is 11.0. The molecule has 0 saturated carbocycles. The fourth-order valence-corrected chi connectivity index (χ4v) is 2.16. The lowest BCUT2D eigenvalue weighted by Crippen LogP contribution is -2.22. The van der Waals surface area contributed by atoms with Gasteiger partial charge in [0.2, 0.25) is 0 Å². The van der Waals surface area contributed by atoms with E-state index < -0.39 is 0 Å². The number of halogens is 3. The molecule has 2 aromatic carbocycles. The van der Waals surface area contributed by atoms with Gasteiger partial charge in [0.15, 0.2) is 0 Å². The van der Waals surface area contributed by atoms with E-state index in [0.29, 0.717) is 33.6 Å². The third kappa shape index (κ3) is 4.70. The summed E-state index contributed by atoms with van der Waals surface area (Å²) in [6.07, 6.45) is 0. The molecule has 0 radical (unpaired) electrons. The highest BCUT2D eigenvalue weighted by Crippen LogP contribution is 2.30. The summed E-state index contributed by atoms with van der Waals surface area (Å²) in [5.41, 5.74) is 0.969. The average Bonchev–Trinajstić information content (AvgIpc) is 2.42. The summed E-state index contributed by atoms with van der Waals surface area (Å²) >= 11 is 9.14. The van der Waals surface area contributed by atoms with Gasteiger partial charge in [0.25, 0.3) is 0 Å². The number of nitrogens with one attached hydrogen (secondary N) is 1. The molecular weight excluding hydrogens is 357 g/mol. The molecule has 0 amide bonds. The smallest absolute Gasteiger partial charge is 0.141 e. The highest BCUT2D eigenvalue weighted by Gasteiger charge is 2.08. The monoisotopic (exact) mass is 371 g/mol. The number of benzene rings is 2. The Bertz CT molecular complexity index is 634. The first-order valence-corrected chi connectivity index (χ1v) is 7.77. The van der Waals surface area contributed by atoms with Crippen molar-refractivity contribution < 1.29 is 9.13 Å². The van der Waals surface area contributed by atoms with E-state index in [1.807, 2.05) is 12.1 Å². The molecule has 1 N–H and O–H groups in total. The summed E-state index contributed by atoms with van der Waals surface area (Å²) < 4.78 is 19.7. The zero-order chi connectivity index (χ0) is 15.4. The molecule has 0 aliphatic heterocycles. The molecule has 0 aliphatic carbocycles. The summed E-state index contributed by atoms with van der Waals surface area (Å²) in [6, 6.07) is 10.5. The van der Waals surface area contributed by atoms with Gasteiger partial charge in [-0.05, 0) is 40.2 Å². The topological polar surface area (TPSA) is 21.3 Å². The lowest BCUT2D eigenvalue weighted by molar-refractivity contribution is 0.464. The molecule has 21 heavy (non-hydrogen) atoms. The lowest BCUT2D eigenvalue weighted by Gasteiger charge is -2.14. The SMILES string of the molecule is CC(C)NCc1ccc(Cl)cc1Oc1ccc(Br)c(F)c1. The molecule has 0 aromatic heterocycles. The first-order chi connectivity index (χ1) is 9.95. The predicted octanol–water partition coefficient (Wildman–Crippen LogP) is 5.53. The third-order valence-electron chi connectivity index (χ3n) is 2.85. The zero-order valence-corrected chi connectivity index (χ0v) is 14.1. The number of hydrogen-bond donors (Lipinski definition) is 1. The summed E-state index contributed by atoms with van der Waals surface area (Å²) in [5.74, 6) is 0.692. The molecule has 5 heteroatoms. The second kappa shape index (κ2) is 7.25.